The van der Waals surface area contributed by atoms with Gasteiger partial charge in [-0.2, -0.15) is 0 Å². The number of hydrogen-bond acceptors (Lipinski definition) is 2. The number of halogens is 1. The number of hydrogen-bond donors (Lipinski definition) is 0. The summed E-state index contributed by atoms with van der Waals surface area (Å²) in [7, 11) is 0. The highest BCUT2D eigenvalue weighted by Crippen LogP contribution is 2.28. The van der Waals surface area contributed by atoms with E-state index in [4.69, 9.17) is 4.74 Å². The molecular formula is C13H26BrNO. The van der Waals surface area contributed by atoms with Gasteiger partial charge in [-0.1, -0.05) is 29.3 Å². The van der Waals surface area contributed by atoms with Crippen LogP contribution in [0.15, 0.2) is 0 Å². The Kier molecular flexibility index (Phi) is 4.85. The number of alkyl halides is 1. The van der Waals surface area contributed by atoms with E-state index in [1.807, 2.05) is 0 Å². The van der Waals surface area contributed by atoms with E-state index in [9.17, 15) is 0 Å². The molecule has 0 aliphatic carbocycles. The Hall–Kier alpha value is 0.400. The van der Waals surface area contributed by atoms with Crippen LogP contribution in [-0.2, 0) is 4.74 Å². The molecule has 0 amide bonds. The molecule has 1 heterocycles. The lowest BCUT2D eigenvalue weighted by molar-refractivity contribution is -0.181. The van der Waals surface area contributed by atoms with Gasteiger partial charge >= 0.3 is 0 Å². The fourth-order valence-electron chi connectivity index (χ4n) is 2.73. The van der Waals surface area contributed by atoms with Crippen molar-refractivity contribution in [2.75, 3.05) is 25.0 Å². The molecule has 1 fully saturated rings. The molecule has 96 valence electrons. The summed E-state index contributed by atoms with van der Waals surface area (Å²) in [5.41, 5.74) is -0.0429. The van der Waals surface area contributed by atoms with Crippen LogP contribution >= 0.6 is 15.9 Å². The zero-order valence-corrected chi connectivity index (χ0v) is 12.9. The summed E-state index contributed by atoms with van der Waals surface area (Å²) in [6, 6.07) is 0. The summed E-state index contributed by atoms with van der Waals surface area (Å²) in [4.78, 5) is 2.55. The Labute approximate surface area is 109 Å². The molecule has 0 bridgehead atoms. The van der Waals surface area contributed by atoms with Crippen molar-refractivity contribution in [1.82, 2.24) is 4.90 Å². The van der Waals surface area contributed by atoms with Crippen LogP contribution in [0.25, 0.3) is 0 Å². The van der Waals surface area contributed by atoms with E-state index in [-0.39, 0.29) is 11.2 Å². The van der Waals surface area contributed by atoms with Gasteiger partial charge in [-0.15, -0.1) is 0 Å². The molecule has 0 aromatic heterocycles. The molecule has 1 unspecified atom stereocenters. The lowest BCUT2D eigenvalue weighted by atomic mass is 9.97. The second-order valence-electron chi connectivity index (χ2n) is 6.22. The van der Waals surface area contributed by atoms with Crippen LogP contribution in [0, 0.1) is 5.92 Å². The normalized spacial score (nSPS) is 26.6. The van der Waals surface area contributed by atoms with E-state index < -0.39 is 0 Å². The molecule has 16 heavy (non-hydrogen) atoms. The zero-order valence-electron chi connectivity index (χ0n) is 11.3. The van der Waals surface area contributed by atoms with Crippen LogP contribution in [0.5, 0.6) is 0 Å². The zero-order chi connectivity index (χ0) is 12.4. The lowest BCUT2D eigenvalue weighted by Gasteiger charge is -2.48. The number of rotatable bonds is 4. The fourth-order valence-corrected chi connectivity index (χ4v) is 3.39. The third-order valence-electron chi connectivity index (χ3n) is 3.07. The summed E-state index contributed by atoms with van der Waals surface area (Å²) in [6.45, 7) is 14.3. The summed E-state index contributed by atoms with van der Waals surface area (Å²) in [5.74, 6) is 0.754. The second kappa shape index (κ2) is 5.36. The molecule has 0 aromatic rings. The van der Waals surface area contributed by atoms with Gasteiger partial charge in [0.25, 0.3) is 0 Å². The first-order valence-corrected chi connectivity index (χ1v) is 7.38. The molecule has 0 radical (unpaired) electrons. The average molecular weight is 292 g/mol. The molecule has 1 saturated heterocycles. The van der Waals surface area contributed by atoms with Crippen molar-refractivity contribution in [2.24, 2.45) is 5.92 Å². The second-order valence-corrected chi connectivity index (χ2v) is 6.87. The van der Waals surface area contributed by atoms with E-state index in [1.165, 1.54) is 13.0 Å². The SMILES string of the molecule is CCC(CBr)CN1CC(C)(C)OC(C)(C)C1. The molecule has 3 heteroatoms. The quantitative estimate of drug-likeness (QED) is 0.737. The first-order valence-electron chi connectivity index (χ1n) is 6.26. The van der Waals surface area contributed by atoms with Gasteiger partial charge in [0.05, 0.1) is 11.2 Å². The van der Waals surface area contributed by atoms with Gasteiger partial charge in [0, 0.05) is 25.0 Å². The molecule has 2 nitrogen and oxygen atoms in total. The van der Waals surface area contributed by atoms with Gasteiger partial charge in [0.1, 0.15) is 0 Å². The Morgan fingerprint density at radius 3 is 2.06 bits per heavy atom. The van der Waals surface area contributed by atoms with Crippen LogP contribution < -0.4 is 0 Å². The average Bonchev–Trinajstić information content (AvgIpc) is 2.09. The molecule has 0 N–H and O–H groups in total. The highest BCUT2D eigenvalue weighted by molar-refractivity contribution is 9.09. The molecule has 1 atom stereocenters. The maximum Gasteiger partial charge on any atom is 0.0760 e. The predicted octanol–water partition coefficient (Wildman–Crippen LogP) is 3.30. The predicted molar refractivity (Wildman–Crippen MR) is 73.3 cm³/mol. The molecule has 1 aliphatic rings. The topological polar surface area (TPSA) is 12.5 Å². The fraction of sp³-hybridized carbons (Fsp3) is 1.00. The summed E-state index contributed by atoms with van der Waals surface area (Å²) in [6.07, 6.45) is 1.24. The third kappa shape index (κ3) is 4.34. The van der Waals surface area contributed by atoms with Crippen molar-refractivity contribution in [1.29, 1.82) is 0 Å². The standard InChI is InChI=1S/C13H26BrNO/c1-6-11(7-14)8-15-9-12(2,3)16-13(4,5)10-15/h11H,6-10H2,1-5H3. The van der Waals surface area contributed by atoms with E-state index in [0.29, 0.717) is 0 Å². The van der Waals surface area contributed by atoms with Gasteiger partial charge in [-0.3, -0.25) is 4.90 Å². The monoisotopic (exact) mass is 291 g/mol. The third-order valence-corrected chi connectivity index (χ3v) is 3.99. The van der Waals surface area contributed by atoms with E-state index in [2.05, 4.69) is 55.4 Å². The number of morpholine rings is 1. The van der Waals surface area contributed by atoms with Gasteiger partial charge in [0.15, 0.2) is 0 Å². The molecule has 1 rings (SSSR count). The number of ether oxygens (including phenoxy) is 1. The number of nitrogens with zero attached hydrogens (tertiary/aromatic N) is 1. The molecule has 0 spiro atoms. The maximum absolute atomic E-state index is 6.09. The molecule has 0 saturated carbocycles. The summed E-state index contributed by atoms with van der Waals surface area (Å²) in [5, 5.41) is 1.10. The minimum absolute atomic E-state index is 0.0215. The minimum atomic E-state index is -0.0215. The largest absolute Gasteiger partial charge is 0.367 e. The first-order chi connectivity index (χ1) is 7.28. The van der Waals surface area contributed by atoms with E-state index in [0.717, 1.165) is 24.3 Å². The van der Waals surface area contributed by atoms with Crippen LogP contribution in [0.3, 0.4) is 0 Å². The van der Waals surface area contributed by atoms with Gasteiger partial charge < -0.3 is 4.74 Å². The van der Waals surface area contributed by atoms with Gasteiger partial charge in [-0.25, -0.2) is 0 Å². The van der Waals surface area contributed by atoms with Crippen molar-refractivity contribution in [2.45, 2.75) is 52.2 Å². The van der Waals surface area contributed by atoms with Crippen LogP contribution in [0.1, 0.15) is 41.0 Å². The maximum atomic E-state index is 6.09. The van der Waals surface area contributed by atoms with Crippen molar-refractivity contribution >= 4 is 15.9 Å². The van der Waals surface area contributed by atoms with Crippen LogP contribution in [0.2, 0.25) is 0 Å². The molecule has 1 aliphatic heterocycles. The minimum Gasteiger partial charge on any atom is -0.367 e. The first kappa shape index (κ1) is 14.5. The Bertz CT molecular complexity index is 208. The molecule has 0 aromatic carbocycles. The highest BCUT2D eigenvalue weighted by atomic mass is 79.9. The van der Waals surface area contributed by atoms with Crippen molar-refractivity contribution in [3.8, 4) is 0 Å². The van der Waals surface area contributed by atoms with Crippen molar-refractivity contribution in [3.63, 3.8) is 0 Å². The Morgan fingerprint density at radius 1 is 1.19 bits per heavy atom. The highest BCUT2D eigenvalue weighted by Gasteiger charge is 2.38. The summed E-state index contributed by atoms with van der Waals surface area (Å²) >= 11 is 3.60. The van der Waals surface area contributed by atoms with Crippen LogP contribution in [-0.4, -0.2) is 41.1 Å². The van der Waals surface area contributed by atoms with Gasteiger partial charge in [0.2, 0.25) is 0 Å². The van der Waals surface area contributed by atoms with E-state index in [1.54, 1.807) is 0 Å². The van der Waals surface area contributed by atoms with Crippen molar-refractivity contribution < 1.29 is 4.74 Å². The van der Waals surface area contributed by atoms with E-state index >= 15 is 0 Å². The Balaban J connectivity index is 2.60. The van der Waals surface area contributed by atoms with Crippen LogP contribution in [0.4, 0.5) is 0 Å². The summed E-state index contributed by atoms with van der Waals surface area (Å²) < 4.78 is 6.09. The van der Waals surface area contributed by atoms with Gasteiger partial charge in [-0.05, 0) is 33.6 Å². The Morgan fingerprint density at radius 2 is 1.69 bits per heavy atom. The van der Waals surface area contributed by atoms with Crippen molar-refractivity contribution in [3.05, 3.63) is 0 Å². The smallest absolute Gasteiger partial charge is 0.0760 e. The lowest BCUT2D eigenvalue weighted by Crippen LogP contribution is -2.57. The molecular weight excluding hydrogens is 266 g/mol.